The van der Waals surface area contributed by atoms with Gasteiger partial charge in [0, 0.05) is 54.3 Å². The fraction of sp³-hybridized carbons (Fsp3) is 0.304. The van der Waals surface area contributed by atoms with Gasteiger partial charge in [0.25, 0.3) is 17.7 Å². The molecule has 0 spiro atoms. The Balaban J connectivity index is 1.74. The van der Waals surface area contributed by atoms with E-state index in [1.165, 1.54) is 31.3 Å². The van der Waals surface area contributed by atoms with Gasteiger partial charge >= 0.3 is 6.18 Å². The maximum atomic E-state index is 13.0. The van der Waals surface area contributed by atoms with Crippen molar-refractivity contribution in [3.63, 3.8) is 0 Å². The molecule has 1 aliphatic heterocycles. The van der Waals surface area contributed by atoms with Crippen molar-refractivity contribution >= 4 is 46.9 Å². The average molecular weight is 540 g/mol. The summed E-state index contributed by atoms with van der Waals surface area (Å²) in [6.07, 6.45) is -3.61. The van der Waals surface area contributed by atoms with Crippen LogP contribution in [0.2, 0.25) is 0 Å². The zero-order valence-corrected chi connectivity index (χ0v) is 20.0. The first-order valence-corrected chi connectivity index (χ1v) is 11.2. The second-order valence-corrected chi connectivity index (χ2v) is 8.41. The standard InChI is InChI=1S/C23H21ClF3N5O5/c1-28-21(36)18(33)16(10-13-7-9-30-19(13)34)32(24)22(37)12-2-4-15(5-3-12)31-20(35)14-6-8-29-17(11-14)23(25,26)27/h2-6,8,11,13,16H,7,9-10H2,1H3,(H,28,36)(H,30,34)(H,31,35)/t13-,16-/m0/s1. The summed E-state index contributed by atoms with van der Waals surface area (Å²) in [5.74, 6) is -4.59. The first kappa shape index (κ1) is 27.6. The number of nitrogens with zero attached hydrogens (tertiary/aromatic N) is 2. The Labute approximate surface area is 213 Å². The van der Waals surface area contributed by atoms with Crippen LogP contribution < -0.4 is 16.0 Å². The zero-order valence-electron chi connectivity index (χ0n) is 19.3. The van der Waals surface area contributed by atoms with Crippen molar-refractivity contribution in [2.24, 2.45) is 5.92 Å². The minimum atomic E-state index is -4.72. The lowest BCUT2D eigenvalue weighted by molar-refractivity contribution is -0.141. The Hall–Kier alpha value is -4.00. The molecule has 2 aromatic rings. The van der Waals surface area contributed by atoms with Crippen molar-refractivity contribution in [3.05, 3.63) is 59.4 Å². The molecule has 10 nitrogen and oxygen atoms in total. The summed E-state index contributed by atoms with van der Waals surface area (Å²) in [6.45, 7) is 0.394. The molecule has 14 heteroatoms. The molecular weight excluding hydrogens is 519 g/mol. The number of amides is 4. The molecule has 0 saturated carbocycles. The minimum Gasteiger partial charge on any atom is -0.356 e. The smallest absolute Gasteiger partial charge is 0.356 e. The predicted molar refractivity (Wildman–Crippen MR) is 124 cm³/mol. The third-order valence-electron chi connectivity index (χ3n) is 5.59. The van der Waals surface area contributed by atoms with Crippen molar-refractivity contribution in [3.8, 4) is 0 Å². The van der Waals surface area contributed by atoms with Crippen LogP contribution in [0.3, 0.4) is 0 Å². The van der Waals surface area contributed by atoms with Gasteiger partial charge in [-0.15, -0.1) is 0 Å². The van der Waals surface area contributed by atoms with Gasteiger partial charge in [0.2, 0.25) is 11.7 Å². The van der Waals surface area contributed by atoms with E-state index in [0.29, 0.717) is 23.5 Å². The van der Waals surface area contributed by atoms with E-state index in [9.17, 15) is 37.1 Å². The van der Waals surface area contributed by atoms with E-state index in [2.05, 4.69) is 20.9 Å². The van der Waals surface area contributed by atoms with E-state index in [4.69, 9.17) is 11.8 Å². The van der Waals surface area contributed by atoms with Crippen LogP contribution in [0.1, 0.15) is 39.3 Å². The summed E-state index contributed by atoms with van der Waals surface area (Å²) < 4.78 is 39.1. The van der Waals surface area contributed by atoms with Gasteiger partial charge in [-0.05, 0) is 49.2 Å². The van der Waals surface area contributed by atoms with Gasteiger partial charge in [0.1, 0.15) is 11.7 Å². The van der Waals surface area contributed by atoms with Crippen LogP contribution in [0.5, 0.6) is 0 Å². The van der Waals surface area contributed by atoms with E-state index < -0.39 is 47.3 Å². The van der Waals surface area contributed by atoms with E-state index in [0.717, 1.165) is 12.3 Å². The molecule has 1 saturated heterocycles. The third kappa shape index (κ3) is 6.61. The molecule has 1 aromatic heterocycles. The molecule has 1 fully saturated rings. The van der Waals surface area contributed by atoms with Crippen molar-refractivity contribution in [2.75, 3.05) is 18.9 Å². The van der Waals surface area contributed by atoms with Gasteiger partial charge in [-0.3, -0.25) is 29.0 Å². The molecule has 1 aliphatic rings. The Morgan fingerprint density at radius 3 is 2.41 bits per heavy atom. The van der Waals surface area contributed by atoms with Crippen LogP contribution in [0.15, 0.2) is 42.6 Å². The molecule has 2 heterocycles. The molecule has 0 unspecified atom stereocenters. The highest BCUT2D eigenvalue weighted by Crippen LogP contribution is 2.28. The van der Waals surface area contributed by atoms with Crippen LogP contribution in [0.25, 0.3) is 0 Å². The number of benzene rings is 1. The normalized spacial score (nSPS) is 15.9. The number of alkyl halides is 3. The fourth-order valence-corrected chi connectivity index (χ4v) is 3.87. The molecule has 37 heavy (non-hydrogen) atoms. The number of hydrogen-bond donors (Lipinski definition) is 3. The van der Waals surface area contributed by atoms with Gasteiger partial charge in [-0.25, -0.2) is 4.42 Å². The van der Waals surface area contributed by atoms with Crippen LogP contribution in [-0.2, 0) is 20.6 Å². The Morgan fingerprint density at radius 1 is 1.16 bits per heavy atom. The quantitative estimate of drug-likeness (QED) is 0.347. The number of halogens is 4. The Kier molecular flexibility index (Phi) is 8.48. The first-order valence-electron chi connectivity index (χ1n) is 10.9. The SMILES string of the molecule is CNC(=O)C(=O)[C@H](C[C@@H]1CCNC1=O)N(Cl)C(=O)c1ccc(NC(=O)c2ccnc(C(F)(F)F)c2)cc1. The molecule has 1 aromatic carbocycles. The molecule has 0 bridgehead atoms. The van der Waals surface area contributed by atoms with Crippen LogP contribution in [0, 0.1) is 5.92 Å². The zero-order chi connectivity index (χ0) is 27.3. The number of hydrogen-bond acceptors (Lipinski definition) is 6. The van der Waals surface area contributed by atoms with Gasteiger partial charge in [-0.2, -0.15) is 13.2 Å². The average Bonchev–Trinajstić information content (AvgIpc) is 3.29. The summed E-state index contributed by atoms with van der Waals surface area (Å²) in [7, 11) is 1.24. The van der Waals surface area contributed by atoms with Crippen LogP contribution in [-0.4, -0.2) is 58.4 Å². The molecule has 2 atom stereocenters. The number of pyridine rings is 1. The number of anilines is 1. The summed E-state index contributed by atoms with van der Waals surface area (Å²) in [4.78, 5) is 65.0. The maximum Gasteiger partial charge on any atom is 0.433 e. The number of rotatable bonds is 8. The number of ketones is 1. The third-order valence-corrected chi connectivity index (χ3v) is 5.98. The highest BCUT2D eigenvalue weighted by atomic mass is 35.5. The molecule has 4 amide bonds. The number of aromatic nitrogens is 1. The monoisotopic (exact) mass is 539 g/mol. The van der Waals surface area contributed by atoms with Gasteiger partial charge in [-0.1, -0.05) is 0 Å². The van der Waals surface area contributed by atoms with Crippen molar-refractivity contribution in [1.82, 2.24) is 20.0 Å². The lowest BCUT2D eigenvalue weighted by Crippen LogP contribution is -2.47. The Bertz CT molecular complexity index is 1220. The lowest BCUT2D eigenvalue weighted by Gasteiger charge is -2.25. The summed E-state index contributed by atoms with van der Waals surface area (Å²) in [6, 6.07) is 5.45. The number of nitrogens with one attached hydrogen (secondary N) is 3. The molecule has 3 N–H and O–H groups in total. The molecule has 196 valence electrons. The topological polar surface area (TPSA) is 138 Å². The van der Waals surface area contributed by atoms with Crippen molar-refractivity contribution < 1.29 is 37.1 Å². The number of Topliss-reactive ketones (excluding diaryl/α,β-unsaturated/α-hetero) is 1. The second-order valence-electron chi connectivity index (χ2n) is 8.05. The molecule has 3 rings (SSSR count). The van der Waals surface area contributed by atoms with E-state index in [-0.39, 0.29) is 29.1 Å². The summed E-state index contributed by atoms with van der Waals surface area (Å²) in [5.41, 5.74) is -1.35. The maximum absolute atomic E-state index is 13.0. The van der Waals surface area contributed by atoms with Gasteiger partial charge < -0.3 is 16.0 Å². The molecular formula is C23H21ClF3N5O5. The van der Waals surface area contributed by atoms with E-state index in [1.807, 2.05) is 0 Å². The van der Waals surface area contributed by atoms with Crippen LogP contribution in [0.4, 0.5) is 18.9 Å². The first-order chi connectivity index (χ1) is 17.4. The molecule has 0 radical (unpaired) electrons. The highest BCUT2D eigenvalue weighted by Gasteiger charge is 2.38. The summed E-state index contributed by atoms with van der Waals surface area (Å²) >= 11 is 6.19. The van der Waals surface area contributed by atoms with E-state index in [1.54, 1.807) is 0 Å². The van der Waals surface area contributed by atoms with Gasteiger partial charge in [0.05, 0.1) is 0 Å². The highest BCUT2D eigenvalue weighted by molar-refractivity contribution is 6.40. The predicted octanol–water partition coefficient (Wildman–Crippen LogP) is 2.16. The van der Waals surface area contributed by atoms with Crippen LogP contribution >= 0.6 is 11.8 Å². The van der Waals surface area contributed by atoms with E-state index >= 15 is 0 Å². The number of likely N-dealkylation sites (N-methyl/N-ethyl adjacent to an activating group) is 1. The summed E-state index contributed by atoms with van der Waals surface area (Å²) in [5, 5.41) is 7.19. The number of carbonyl (C=O) groups is 5. The largest absolute Gasteiger partial charge is 0.433 e. The molecule has 0 aliphatic carbocycles. The second kappa shape index (κ2) is 11.4. The lowest BCUT2D eigenvalue weighted by atomic mass is 9.95. The minimum absolute atomic E-state index is 0.0122. The Morgan fingerprint density at radius 2 is 1.84 bits per heavy atom. The van der Waals surface area contributed by atoms with Crippen molar-refractivity contribution in [1.29, 1.82) is 0 Å². The fourth-order valence-electron chi connectivity index (χ4n) is 3.61. The number of carbonyl (C=O) groups excluding carboxylic acids is 5. The van der Waals surface area contributed by atoms with Gasteiger partial charge in [0.15, 0.2) is 0 Å². The van der Waals surface area contributed by atoms with Crippen molar-refractivity contribution in [2.45, 2.75) is 25.1 Å².